The molecule has 1 aromatic carbocycles. The smallest absolute Gasteiger partial charge is 0.248 e. The van der Waals surface area contributed by atoms with E-state index in [4.69, 9.17) is 5.73 Å². The maximum Gasteiger partial charge on any atom is 0.248 e. The number of primary amides is 1. The molecule has 5 heteroatoms. The molecule has 1 aromatic rings. The topological polar surface area (TPSA) is 69.8 Å². The van der Waals surface area contributed by atoms with Crippen molar-refractivity contribution in [2.45, 2.75) is 32.4 Å². The summed E-state index contributed by atoms with van der Waals surface area (Å²) in [6.07, 6.45) is 2.11. The van der Waals surface area contributed by atoms with Gasteiger partial charge in [0.05, 0.1) is 6.10 Å². The van der Waals surface area contributed by atoms with Crippen LogP contribution in [0.25, 0.3) is 0 Å². The third kappa shape index (κ3) is 5.94. The second-order valence-electron chi connectivity index (χ2n) is 6.85. The van der Waals surface area contributed by atoms with Gasteiger partial charge in [0.25, 0.3) is 0 Å². The Balaban J connectivity index is 1.78. The number of hydrogen-bond acceptors (Lipinski definition) is 4. The molecule has 2 rings (SSSR count). The van der Waals surface area contributed by atoms with E-state index in [1.807, 2.05) is 25.1 Å². The molecule has 0 aromatic heterocycles. The van der Waals surface area contributed by atoms with Crippen molar-refractivity contribution < 1.29 is 9.90 Å². The molecule has 5 nitrogen and oxygen atoms in total. The highest BCUT2D eigenvalue weighted by Crippen LogP contribution is 2.19. The van der Waals surface area contributed by atoms with E-state index < -0.39 is 0 Å². The molecule has 1 saturated heterocycles. The van der Waals surface area contributed by atoms with Crippen molar-refractivity contribution in [3.63, 3.8) is 0 Å². The van der Waals surface area contributed by atoms with Crippen molar-refractivity contribution >= 4 is 5.91 Å². The second kappa shape index (κ2) is 8.43. The van der Waals surface area contributed by atoms with Gasteiger partial charge in [-0.15, -0.1) is 0 Å². The average Bonchev–Trinajstić information content (AvgIpc) is 2.49. The van der Waals surface area contributed by atoms with Crippen LogP contribution in [-0.2, 0) is 6.54 Å². The van der Waals surface area contributed by atoms with Crippen LogP contribution in [0.5, 0.6) is 0 Å². The normalized spacial score (nSPS) is 18.3. The van der Waals surface area contributed by atoms with Crippen molar-refractivity contribution in [3.05, 3.63) is 35.4 Å². The lowest BCUT2D eigenvalue weighted by Crippen LogP contribution is -2.40. The molecule has 0 radical (unpaired) electrons. The molecular formula is C18H29N3O2. The van der Waals surface area contributed by atoms with Gasteiger partial charge in [0.2, 0.25) is 5.91 Å². The minimum atomic E-state index is -0.375. The number of carbonyl (C=O) groups is 1. The zero-order chi connectivity index (χ0) is 16.8. The summed E-state index contributed by atoms with van der Waals surface area (Å²) < 4.78 is 0. The Kier molecular flexibility index (Phi) is 6.57. The van der Waals surface area contributed by atoms with Gasteiger partial charge in [-0.3, -0.25) is 4.79 Å². The van der Waals surface area contributed by atoms with Gasteiger partial charge in [-0.25, -0.2) is 0 Å². The SMILES string of the molecule is C[C@@H](O)CN1CCC(CN(C)Cc2cccc(C(N)=O)c2)CC1. The van der Waals surface area contributed by atoms with Gasteiger partial charge >= 0.3 is 0 Å². The third-order valence-electron chi connectivity index (χ3n) is 4.46. The summed E-state index contributed by atoms with van der Waals surface area (Å²) in [5, 5.41) is 9.46. The number of rotatable bonds is 7. The number of likely N-dealkylation sites (tertiary alicyclic amines) is 1. The maximum atomic E-state index is 11.2. The lowest BCUT2D eigenvalue weighted by molar-refractivity contribution is 0.0919. The number of aliphatic hydroxyl groups excluding tert-OH is 1. The third-order valence-corrected chi connectivity index (χ3v) is 4.46. The highest BCUT2D eigenvalue weighted by atomic mass is 16.3. The average molecular weight is 319 g/mol. The van der Waals surface area contributed by atoms with E-state index in [9.17, 15) is 9.90 Å². The van der Waals surface area contributed by atoms with Gasteiger partial charge in [-0.1, -0.05) is 12.1 Å². The fraction of sp³-hybridized carbons (Fsp3) is 0.611. The number of piperidine rings is 1. The Morgan fingerprint density at radius 1 is 1.43 bits per heavy atom. The van der Waals surface area contributed by atoms with Crippen LogP contribution in [0.2, 0.25) is 0 Å². The second-order valence-corrected chi connectivity index (χ2v) is 6.85. The maximum absolute atomic E-state index is 11.2. The molecule has 1 aliphatic rings. The summed E-state index contributed by atoms with van der Waals surface area (Å²) in [6.45, 7) is 6.65. The monoisotopic (exact) mass is 319 g/mol. The number of hydrogen-bond donors (Lipinski definition) is 2. The molecule has 0 aliphatic carbocycles. The summed E-state index contributed by atoms with van der Waals surface area (Å²) in [5.41, 5.74) is 7.03. The van der Waals surface area contributed by atoms with Crippen LogP contribution in [0.4, 0.5) is 0 Å². The minimum absolute atomic E-state index is 0.244. The summed E-state index contributed by atoms with van der Waals surface area (Å²) in [4.78, 5) is 15.9. The van der Waals surface area contributed by atoms with Crippen LogP contribution in [0, 0.1) is 5.92 Å². The zero-order valence-electron chi connectivity index (χ0n) is 14.2. The van der Waals surface area contributed by atoms with Crippen LogP contribution in [-0.4, -0.2) is 60.1 Å². The molecule has 0 saturated carbocycles. The van der Waals surface area contributed by atoms with E-state index in [1.54, 1.807) is 6.07 Å². The molecule has 0 spiro atoms. The highest BCUT2D eigenvalue weighted by Gasteiger charge is 2.21. The fourth-order valence-corrected chi connectivity index (χ4v) is 3.37. The molecule has 1 atom stereocenters. The van der Waals surface area contributed by atoms with E-state index in [0.29, 0.717) is 11.5 Å². The summed E-state index contributed by atoms with van der Waals surface area (Å²) in [5.74, 6) is 0.324. The van der Waals surface area contributed by atoms with Crippen molar-refractivity contribution in [2.24, 2.45) is 11.7 Å². The van der Waals surface area contributed by atoms with Crippen molar-refractivity contribution in [3.8, 4) is 0 Å². The predicted molar refractivity (Wildman–Crippen MR) is 92.1 cm³/mol. The van der Waals surface area contributed by atoms with E-state index in [0.717, 1.165) is 38.3 Å². The Bertz CT molecular complexity index is 511. The number of nitrogens with zero attached hydrogens (tertiary/aromatic N) is 2. The van der Waals surface area contributed by atoms with E-state index in [2.05, 4.69) is 16.8 Å². The predicted octanol–water partition coefficient (Wildman–Crippen LogP) is 1.31. The fourth-order valence-electron chi connectivity index (χ4n) is 3.37. The van der Waals surface area contributed by atoms with Crippen LogP contribution < -0.4 is 5.73 Å². The number of β-amino-alcohol motifs (C(OH)–C–C–N with tert-alkyl or cyclic N) is 1. The Morgan fingerprint density at radius 2 is 2.13 bits per heavy atom. The number of carbonyl (C=O) groups excluding carboxylic acids is 1. The Hall–Kier alpha value is -1.43. The first-order chi connectivity index (χ1) is 10.9. The number of nitrogens with two attached hydrogens (primary N) is 1. The van der Waals surface area contributed by atoms with Gasteiger partial charge in [-0.05, 0) is 63.5 Å². The molecule has 0 bridgehead atoms. The molecular weight excluding hydrogens is 290 g/mol. The van der Waals surface area contributed by atoms with E-state index in [1.165, 1.54) is 12.8 Å². The van der Waals surface area contributed by atoms with Gasteiger partial charge in [0.1, 0.15) is 0 Å². The highest BCUT2D eigenvalue weighted by molar-refractivity contribution is 5.92. The van der Waals surface area contributed by atoms with Crippen LogP contribution in [0.1, 0.15) is 35.7 Å². The van der Waals surface area contributed by atoms with Crippen LogP contribution in [0.3, 0.4) is 0 Å². The Labute approximate surface area is 139 Å². The first-order valence-electron chi connectivity index (χ1n) is 8.41. The molecule has 1 heterocycles. The molecule has 1 amide bonds. The van der Waals surface area contributed by atoms with Crippen molar-refractivity contribution in [2.75, 3.05) is 33.2 Å². The summed E-state index contributed by atoms with van der Waals surface area (Å²) in [6, 6.07) is 7.56. The van der Waals surface area contributed by atoms with Crippen molar-refractivity contribution in [1.29, 1.82) is 0 Å². The number of aliphatic hydroxyl groups is 1. The van der Waals surface area contributed by atoms with Gasteiger partial charge in [0, 0.05) is 25.2 Å². The zero-order valence-corrected chi connectivity index (χ0v) is 14.2. The molecule has 23 heavy (non-hydrogen) atoms. The van der Waals surface area contributed by atoms with Crippen LogP contribution >= 0.6 is 0 Å². The largest absolute Gasteiger partial charge is 0.392 e. The Morgan fingerprint density at radius 3 is 2.74 bits per heavy atom. The molecule has 1 fully saturated rings. The van der Waals surface area contributed by atoms with Gasteiger partial charge in [-0.2, -0.15) is 0 Å². The molecule has 1 aliphatic heterocycles. The molecule has 128 valence electrons. The number of benzene rings is 1. The quantitative estimate of drug-likeness (QED) is 0.795. The summed E-state index contributed by atoms with van der Waals surface area (Å²) >= 11 is 0. The summed E-state index contributed by atoms with van der Waals surface area (Å²) in [7, 11) is 2.12. The lowest BCUT2D eigenvalue weighted by Gasteiger charge is -2.34. The van der Waals surface area contributed by atoms with E-state index >= 15 is 0 Å². The first kappa shape index (κ1) is 17.9. The lowest BCUT2D eigenvalue weighted by atomic mass is 9.96. The van der Waals surface area contributed by atoms with E-state index in [-0.39, 0.29) is 12.0 Å². The standard InChI is InChI=1S/C18H29N3O2/c1-14(22)11-21-8-6-15(7-9-21)12-20(2)13-16-4-3-5-17(10-16)18(19)23/h3-5,10,14-15,22H,6-9,11-13H2,1-2H3,(H2,19,23)/t14-/m1/s1. The number of amides is 1. The van der Waals surface area contributed by atoms with Crippen LogP contribution in [0.15, 0.2) is 24.3 Å². The first-order valence-corrected chi connectivity index (χ1v) is 8.41. The van der Waals surface area contributed by atoms with Gasteiger partial charge < -0.3 is 20.6 Å². The molecule has 0 unspecified atom stereocenters. The van der Waals surface area contributed by atoms with Gasteiger partial charge in [0.15, 0.2) is 0 Å². The van der Waals surface area contributed by atoms with Crippen molar-refractivity contribution in [1.82, 2.24) is 9.80 Å². The minimum Gasteiger partial charge on any atom is -0.392 e. The molecule has 3 N–H and O–H groups in total.